The van der Waals surface area contributed by atoms with Crippen molar-refractivity contribution in [2.75, 3.05) is 0 Å². The van der Waals surface area contributed by atoms with Crippen LogP contribution in [0.25, 0.3) is 0 Å². The molecule has 0 N–H and O–H groups in total. The summed E-state index contributed by atoms with van der Waals surface area (Å²) in [6.45, 7) is 8.38. The summed E-state index contributed by atoms with van der Waals surface area (Å²) in [6.07, 6.45) is 5.76. The highest BCUT2D eigenvalue weighted by molar-refractivity contribution is 5.82. The highest BCUT2D eigenvalue weighted by Gasteiger charge is 2.32. The number of esters is 1. The first kappa shape index (κ1) is 16.2. The normalized spacial score (nSPS) is 23.7. The molecule has 0 aromatic carbocycles. The molecule has 0 saturated heterocycles. The van der Waals surface area contributed by atoms with Crippen molar-refractivity contribution in [3.05, 3.63) is 0 Å². The van der Waals surface area contributed by atoms with E-state index in [1.54, 1.807) is 0 Å². The van der Waals surface area contributed by atoms with Crippen LogP contribution in [0.2, 0.25) is 0 Å². The molecule has 110 valence electrons. The van der Waals surface area contributed by atoms with Crippen molar-refractivity contribution >= 4 is 11.8 Å². The Kier molecular flexibility index (Phi) is 6.02. The molecule has 0 spiro atoms. The molecule has 1 aliphatic rings. The van der Waals surface area contributed by atoms with Gasteiger partial charge in [-0.2, -0.15) is 0 Å². The number of rotatable bonds is 6. The van der Waals surface area contributed by atoms with Gasteiger partial charge < -0.3 is 4.74 Å². The minimum atomic E-state index is -0.224. The van der Waals surface area contributed by atoms with Gasteiger partial charge in [0.1, 0.15) is 11.9 Å². The predicted octanol–water partition coefficient (Wildman–Crippen LogP) is 3.89. The second-order valence-corrected chi connectivity index (χ2v) is 6.61. The number of hydrogen-bond donors (Lipinski definition) is 0. The Balaban J connectivity index is 2.35. The molecule has 0 amide bonds. The van der Waals surface area contributed by atoms with Crippen LogP contribution in [-0.2, 0) is 14.3 Å². The van der Waals surface area contributed by atoms with Gasteiger partial charge in [0.05, 0.1) is 6.42 Å². The molecule has 0 radical (unpaired) electrons. The van der Waals surface area contributed by atoms with Crippen LogP contribution in [0.1, 0.15) is 72.6 Å². The van der Waals surface area contributed by atoms with Crippen LogP contribution < -0.4 is 0 Å². The van der Waals surface area contributed by atoms with E-state index >= 15 is 0 Å². The third-order valence-corrected chi connectivity index (χ3v) is 4.23. The fourth-order valence-corrected chi connectivity index (χ4v) is 2.94. The maximum absolute atomic E-state index is 11.7. The van der Waals surface area contributed by atoms with Gasteiger partial charge in [-0.05, 0) is 37.5 Å². The summed E-state index contributed by atoms with van der Waals surface area (Å²) in [7, 11) is 0. The maximum Gasteiger partial charge on any atom is 0.306 e. The standard InChI is InChI=1S/C16H28O3/c1-5-14(17)8-9-15(18)19-12(2)13-7-6-10-16(3,4)11-13/h12-13H,5-11H2,1-4H3/t12-,13?/m1/s1. The van der Waals surface area contributed by atoms with E-state index in [2.05, 4.69) is 13.8 Å². The number of hydrogen-bond acceptors (Lipinski definition) is 3. The molecule has 0 aromatic rings. The Morgan fingerprint density at radius 3 is 2.58 bits per heavy atom. The smallest absolute Gasteiger partial charge is 0.306 e. The topological polar surface area (TPSA) is 43.4 Å². The van der Waals surface area contributed by atoms with Crippen LogP contribution in [0.3, 0.4) is 0 Å². The van der Waals surface area contributed by atoms with Gasteiger partial charge in [-0.3, -0.25) is 9.59 Å². The molecular formula is C16H28O3. The number of carbonyl (C=O) groups is 2. The third kappa shape index (κ3) is 5.75. The summed E-state index contributed by atoms with van der Waals surface area (Å²) in [6, 6.07) is 0. The average molecular weight is 268 g/mol. The summed E-state index contributed by atoms with van der Waals surface area (Å²) >= 11 is 0. The third-order valence-electron chi connectivity index (χ3n) is 4.23. The largest absolute Gasteiger partial charge is 0.462 e. The van der Waals surface area contributed by atoms with Gasteiger partial charge in [0.25, 0.3) is 0 Å². The van der Waals surface area contributed by atoms with Crippen molar-refractivity contribution in [3.8, 4) is 0 Å². The molecule has 1 saturated carbocycles. The average Bonchev–Trinajstić information content (AvgIpc) is 2.34. The molecule has 1 rings (SSSR count). The Bertz CT molecular complexity index is 320. The molecular weight excluding hydrogens is 240 g/mol. The monoisotopic (exact) mass is 268 g/mol. The molecule has 0 bridgehead atoms. The Labute approximate surface area is 117 Å². The zero-order valence-corrected chi connectivity index (χ0v) is 12.8. The minimum absolute atomic E-state index is 0.0243. The first-order valence-electron chi connectivity index (χ1n) is 7.55. The molecule has 3 nitrogen and oxygen atoms in total. The Hall–Kier alpha value is -0.860. The Morgan fingerprint density at radius 2 is 2.00 bits per heavy atom. The van der Waals surface area contributed by atoms with Crippen LogP contribution in [0, 0.1) is 11.3 Å². The summed E-state index contributed by atoms with van der Waals surface area (Å²) in [4.78, 5) is 22.9. The summed E-state index contributed by atoms with van der Waals surface area (Å²) in [5, 5.41) is 0. The molecule has 0 aliphatic heterocycles. The van der Waals surface area contributed by atoms with Crippen molar-refractivity contribution in [1.82, 2.24) is 0 Å². The van der Waals surface area contributed by atoms with Gasteiger partial charge in [0, 0.05) is 12.8 Å². The van der Waals surface area contributed by atoms with E-state index in [-0.39, 0.29) is 24.3 Å². The zero-order chi connectivity index (χ0) is 14.5. The maximum atomic E-state index is 11.7. The molecule has 3 heteroatoms. The lowest BCUT2D eigenvalue weighted by atomic mass is 9.71. The van der Waals surface area contributed by atoms with Crippen LogP contribution in [0.4, 0.5) is 0 Å². The summed E-state index contributed by atoms with van der Waals surface area (Å²) in [5.74, 6) is 0.371. The molecule has 0 heterocycles. The highest BCUT2D eigenvalue weighted by Crippen LogP contribution is 2.40. The highest BCUT2D eigenvalue weighted by atomic mass is 16.5. The first-order valence-corrected chi connectivity index (χ1v) is 7.55. The second-order valence-electron chi connectivity index (χ2n) is 6.61. The van der Waals surface area contributed by atoms with Crippen LogP contribution >= 0.6 is 0 Å². The van der Waals surface area contributed by atoms with E-state index in [1.807, 2.05) is 13.8 Å². The second kappa shape index (κ2) is 7.06. The van der Waals surface area contributed by atoms with E-state index in [1.165, 1.54) is 12.8 Å². The molecule has 2 atom stereocenters. The lowest BCUT2D eigenvalue weighted by molar-refractivity contribution is -0.153. The van der Waals surface area contributed by atoms with Gasteiger partial charge in [0.2, 0.25) is 0 Å². The van der Waals surface area contributed by atoms with Crippen LogP contribution in [0.15, 0.2) is 0 Å². The van der Waals surface area contributed by atoms with Gasteiger partial charge in [-0.15, -0.1) is 0 Å². The Morgan fingerprint density at radius 1 is 1.32 bits per heavy atom. The quantitative estimate of drug-likeness (QED) is 0.686. The molecule has 0 aromatic heterocycles. The first-order chi connectivity index (χ1) is 8.84. The van der Waals surface area contributed by atoms with E-state index in [0.717, 1.165) is 12.8 Å². The van der Waals surface area contributed by atoms with Crippen molar-refractivity contribution in [1.29, 1.82) is 0 Å². The van der Waals surface area contributed by atoms with Crippen molar-refractivity contribution < 1.29 is 14.3 Å². The molecule has 1 fully saturated rings. The lowest BCUT2D eigenvalue weighted by Gasteiger charge is -2.37. The van der Waals surface area contributed by atoms with Crippen molar-refractivity contribution in [2.45, 2.75) is 78.7 Å². The van der Waals surface area contributed by atoms with E-state index in [9.17, 15) is 9.59 Å². The van der Waals surface area contributed by atoms with Gasteiger partial charge in [-0.1, -0.05) is 27.2 Å². The SMILES string of the molecule is CCC(=O)CCC(=O)O[C@H](C)C1CCCC(C)(C)C1. The van der Waals surface area contributed by atoms with E-state index < -0.39 is 0 Å². The minimum Gasteiger partial charge on any atom is -0.462 e. The molecule has 1 aliphatic carbocycles. The number of ketones is 1. The summed E-state index contributed by atoms with van der Waals surface area (Å²) < 4.78 is 5.49. The predicted molar refractivity (Wildman–Crippen MR) is 75.8 cm³/mol. The number of carbonyl (C=O) groups excluding carboxylic acids is 2. The van der Waals surface area contributed by atoms with Crippen LogP contribution in [-0.4, -0.2) is 17.9 Å². The van der Waals surface area contributed by atoms with Gasteiger partial charge in [-0.25, -0.2) is 0 Å². The van der Waals surface area contributed by atoms with Crippen molar-refractivity contribution in [3.63, 3.8) is 0 Å². The van der Waals surface area contributed by atoms with Gasteiger partial charge in [0.15, 0.2) is 0 Å². The summed E-state index contributed by atoms with van der Waals surface area (Å²) in [5.41, 5.74) is 0.363. The lowest BCUT2D eigenvalue weighted by Crippen LogP contribution is -2.32. The van der Waals surface area contributed by atoms with Crippen LogP contribution in [0.5, 0.6) is 0 Å². The number of Topliss-reactive ketones (excluding diaryl/α,β-unsaturated/α-hetero) is 1. The fourth-order valence-electron chi connectivity index (χ4n) is 2.94. The number of ether oxygens (including phenoxy) is 1. The van der Waals surface area contributed by atoms with Gasteiger partial charge >= 0.3 is 5.97 Å². The van der Waals surface area contributed by atoms with E-state index in [4.69, 9.17) is 4.74 Å². The molecule has 1 unspecified atom stereocenters. The zero-order valence-electron chi connectivity index (χ0n) is 12.8. The fraction of sp³-hybridized carbons (Fsp3) is 0.875. The van der Waals surface area contributed by atoms with E-state index in [0.29, 0.717) is 24.2 Å². The van der Waals surface area contributed by atoms with Crippen molar-refractivity contribution in [2.24, 2.45) is 11.3 Å². The molecule has 19 heavy (non-hydrogen) atoms.